The summed E-state index contributed by atoms with van der Waals surface area (Å²) in [7, 11) is 0. The first kappa shape index (κ1) is 20.8. The van der Waals surface area contributed by atoms with E-state index in [1.165, 1.54) is 0 Å². The summed E-state index contributed by atoms with van der Waals surface area (Å²) in [6, 6.07) is 10.7. The number of carbonyl (C=O) groups excluding carboxylic acids is 3. The number of nitrogens with zero attached hydrogens (tertiary/aromatic N) is 1. The Morgan fingerprint density at radius 1 is 1.03 bits per heavy atom. The maximum Gasteiger partial charge on any atom is 0.255 e. The number of rotatable bonds is 3. The van der Waals surface area contributed by atoms with Gasteiger partial charge in [-0.15, -0.1) is 11.8 Å². The van der Waals surface area contributed by atoms with Crippen molar-refractivity contribution in [2.45, 2.75) is 18.2 Å². The molecule has 0 saturated carbocycles. The third kappa shape index (κ3) is 4.65. The Morgan fingerprint density at radius 3 is 2.57 bits per heavy atom. The van der Waals surface area contributed by atoms with Crippen molar-refractivity contribution < 1.29 is 14.4 Å². The lowest BCUT2D eigenvalue weighted by molar-refractivity contribution is -0.115. The van der Waals surface area contributed by atoms with Crippen molar-refractivity contribution in [3.05, 3.63) is 53.1 Å². The second kappa shape index (κ2) is 9.14. The average molecular weight is 442 g/mol. The molecule has 2 aliphatic rings. The van der Waals surface area contributed by atoms with Crippen LogP contribution in [0.1, 0.15) is 32.7 Å². The number of aryl methyl sites for hydroxylation is 1. The summed E-state index contributed by atoms with van der Waals surface area (Å²) in [4.78, 5) is 40.1. The summed E-state index contributed by atoms with van der Waals surface area (Å²) >= 11 is 3.47. The molecule has 30 heavy (non-hydrogen) atoms. The Kier molecular flexibility index (Phi) is 6.34. The molecule has 0 aromatic heterocycles. The molecule has 6 nitrogen and oxygen atoms in total. The Labute approximate surface area is 184 Å². The highest BCUT2D eigenvalue weighted by molar-refractivity contribution is 7.99. The molecule has 4 rings (SSSR count). The van der Waals surface area contributed by atoms with Crippen molar-refractivity contribution in [1.82, 2.24) is 4.90 Å². The van der Waals surface area contributed by atoms with E-state index in [2.05, 4.69) is 10.6 Å². The number of fused-ring (bicyclic) bond motifs is 1. The van der Waals surface area contributed by atoms with Crippen LogP contribution in [0.25, 0.3) is 0 Å². The molecule has 1 saturated heterocycles. The first-order valence-corrected chi connectivity index (χ1v) is 12.0. The summed E-state index contributed by atoms with van der Waals surface area (Å²) in [6.07, 6.45) is 0.460. The van der Waals surface area contributed by atoms with Gasteiger partial charge in [-0.3, -0.25) is 14.4 Å². The van der Waals surface area contributed by atoms with Gasteiger partial charge in [-0.25, -0.2) is 0 Å². The van der Waals surface area contributed by atoms with E-state index >= 15 is 0 Å². The van der Waals surface area contributed by atoms with Crippen molar-refractivity contribution in [2.75, 3.05) is 41.0 Å². The summed E-state index contributed by atoms with van der Waals surface area (Å²) in [5, 5.41) is 5.78. The zero-order chi connectivity index (χ0) is 21.1. The Hall–Kier alpha value is -2.45. The maximum atomic E-state index is 12.8. The fraction of sp³-hybridized carbons (Fsp3) is 0.318. The molecule has 0 bridgehead atoms. The minimum Gasteiger partial charge on any atom is -0.337 e. The SMILES string of the molecule is Cc1cc(C(=O)N2CCSCC2)ccc1NC(=O)c1ccc2c(c1)NC(=O)CCS2. The molecule has 2 N–H and O–H groups in total. The van der Waals surface area contributed by atoms with E-state index in [9.17, 15) is 14.4 Å². The molecular formula is C22H23N3O3S2. The van der Waals surface area contributed by atoms with Crippen LogP contribution in [-0.4, -0.2) is 53.0 Å². The second-order valence-corrected chi connectivity index (χ2v) is 9.61. The number of amides is 3. The third-order valence-electron chi connectivity index (χ3n) is 5.12. The molecule has 0 unspecified atom stereocenters. The molecule has 0 aliphatic carbocycles. The number of nitrogens with one attached hydrogen (secondary N) is 2. The van der Waals surface area contributed by atoms with E-state index in [1.54, 1.807) is 36.0 Å². The van der Waals surface area contributed by atoms with Crippen LogP contribution in [0, 0.1) is 6.92 Å². The lowest BCUT2D eigenvalue weighted by Crippen LogP contribution is -2.37. The Bertz CT molecular complexity index is 1000. The van der Waals surface area contributed by atoms with Gasteiger partial charge in [0.05, 0.1) is 5.69 Å². The second-order valence-electron chi connectivity index (χ2n) is 7.25. The van der Waals surface area contributed by atoms with Gasteiger partial charge >= 0.3 is 0 Å². The zero-order valence-corrected chi connectivity index (χ0v) is 18.3. The molecule has 0 atom stereocenters. The third-order valence-corrected chi connectivity index (χ3v) is 7.14. The van der Waals surface area contributed by atoms with Gasteiger partial charge in [-0.05, 0) is 48.9 Å². The largest absolute Gasteiger partial charge is 0.337 e. The summed E-state index contributed by atoms with van der Waals surface area (Å²) in [5.41, 5.74) is 3.29. The smallest absolute Gasteiger partial charge is 0.255 e. The predicted octanol–water partition coefficient (Wildman–Crippen LogP) is 3.87. The van der Waals surface area contributed by atoms with Crippen molar-refractivity contribution in [3.8, 4) is 0 Å². The highest BCUT2D eigenvalue weighted by atomic mass is 32.2. The first-order chi connectivity index (χ1) is 14.5. The lowest BCUT2D eigenvalue weighted by atomic mass is 10.1. The summed E-state index contributed by atoms with van der Waals surface area (Å²) in [5.74, 6) is 2.41. The minimum absolute atomic E-state index is 0.0373. The summed E-state index contributed by atoms with van der Waals surface area (Å²) < 4.78 is 0. The molecular weight excluding hydrogens is 418 g/mol. The van der Waals surface area contributed by atoms with E-state index in [0.717, 1.165) is 40.8 Å². The molecule has 3 amide bonds. The maximum absolute atomic E-state index is 12.8. The Morgan fingerprint density at radius 2 is 1.80 bits per heavy atom. The van der Waals surface area contributed by atoms with E-state index in [4.69, 9.17) is 0 Å². The van der Waals surface area contributed by atoms with Gasteiger partial charge < -0.3 is 15.5 Å². The number of benzene rings is 2. The standard InChI is InChI=1S/C22H23N3O3S2/c1-14-12-16(22(28)25-7-10-29-11-8-25)2-4-17(14)24-21(27)15-3-5-19-18(13-15)23-20(26)6-9-30-19/h2-5,12-13H,6-11H2,1H3,(H,23,26)(H,24,27). The molecule has 2 heterocycles. The lowest BCUT2D eigenvalue weighted by Gasteiger charge is -2.26. The molecule has 156 valence electrons. The predicted molar refractivity (Wildman–Crippen MR) is 123 cm³/mol. The molecule has 0 radical (unpaired) electrons. The highest BCUT2D eigenvalue weighted by Gasteiger charge is 2.20. The van der Waals surface area contributed by atoms with Gasteiger partial charge in [0.25, 0.3) is 11.8 Å². The van der Waals surface area contributed by atoms with Gasteiger partial charge in [0.2, 0.25) is 5.91 Å². The highest BCUT2D eigenvalue weighted by Crippen LogP contribution is 2.32. The zero-order valence-electron chi connectivity index (χ0n) is 16.7. The number of hydrogen-bond acceptors (Lipinski definition) is 5. The van der Waals surface area contributed by atoms with E-state index in [0.29, 0.717) is 28.9 Å². The monoisotopic (exact) mass is 441 g/mol. The summed E-state index contributed by atoms with van der Waals surface area (Å²) in [6.45, 7) is 3.43. The topological polar surface area (TPSA) is 78.5 Å². The normalized spacial score (nSPS) is 16.3. The van der Waals surface area contributed by atoms with E-state index in [1.807, 2.05) is 35.7 Å². The minimum atomic E-state index is -0.253. The van der Waals surface area contributed by atoms with Crippen molar-refractivity contribution in [3.63, 3.8) is 0 Å². The first-order valence-electron chi connectivity index (χ1n) is 9.87. The molecule has 0 spiro atoms. The van der Waals surface area contributed by atoms with Crippen molar-refractivity contribution in [2.24, 2.45) is 0 Å². The molecule has 2 aromatic carbocycles. The van der Waals surface area contributed by atoms with Gasteiger partial charge in [-0.1, -0.05) is 0 Å². The van der Waals surface area contributed by atoms with Gasteiger partial charge in [0, 0.05) is 58.5 Å². The fourth-order valence-corrected chi connectivity index (χ4v) is 5.28. The van der Waals surface area contributed by atoms with Gasteiger partial charge in [0.1, 0.15) is 0 Å². The molecule has 8 heteroatoms. The van der Waals surface area contributed by atoms with Crippen molar-refractivity contribution in [1.29, 1.82) is 0 Å². The van der Waals surface area contributed by atoms with E-state index in [-0.39, 0.29) is 17.7 Å². The quantitative estimate of drug-likeness (QED) is 0.756. The van der Waals surface area contributed by atoms with Crippen LogP contribution < -0.4 is 10.6 Å². The number of thioether (sulfide) groups is 2. The molecule has 2 aliphatic heterocycles. The van der Waals surface area contributed by atoms with Crippen LogP contribution >= 0.6 is 23.5 Å². The van der Waals surface area contributed by atoms with Gasteiger partial charge in [-0.2, -0.15) is 11.8 Å². The number of hydrogen-bond donors (Lipinski definition) is 2. The van der Waals surface area contributed by atoms with Crippen LogP contribution in [0.4, 0.5) is 11.4 Å². The van der Waals surface area contributed by atoms with Crippen LogP contribution in [0.15, 0.2) is 41.3 Å². The molecule has 2 aromatic rings. The van der Waals surface area contributed by atoms with Crippen molar-refractivity contribution >= 4 is 52.6 Å². The van der Waals surface area contributed by atoms with Gasteiger partial charge in [0.15, 0.2) is 0 Å². The number of anilines is 2. The number of carbonyl (C=O) groups is 3. The van der Waals surface area contributed by atoms with Crippen LogP contribution in [0.3, 0.4) is 0 Å². The van der Waals surface area contributed by atoms with E-state index < -0.39 is 0 Å². The average Bonchev–Trinajstić information content (AvgIpc) is 2.95. The van der Waals surface area contributed by atoms with Crippen LogP contribution in [0.5, 0.6) is 0 Å². The Balaban J connectivity index is 1.48. The van der Waals surface area contributed by atoms with Crippen LogP contribution in [0.2, 0.25) is 0 Å². The molecule has 1 fully saturated rings. The van der Waals surface area contributed by atoms with Crippen LogP contribution in [-0.2, 0) is 4.79 Å². The fourth-order valence-electron chi connectivity index (χ4n) is 3.44.